The van der Waals surface area contributed by atoms with Gasteiger partial charge in [0.25, 0.3) is 0 Å². The quantitative estimate of drug-likeness (QED) is 0.213. The van der Waals surface area contributed by atoms with Crippen LogP contribution < -0.4 is 11.5 Å². The lowest BCUT2D eigenvalue weighted by Crippen LogP contribution is -2.85. The average Bonchev–Trinajstić information content (AvgIpc) is 3.12. The molecule has 0 amide bonds. The number of aliphatic hydroxyl groups is 3. The number of hydrogen-bond donors (Lipinski definition) is 5. The van der Waals surface area contributed by atoms with Crippen molar-refractivity contribution in [1.29, 1.82) is 0 Å². The van der Waals surface area contributed by atoms with Crippen LogP contribution >= 0.6 is 23.7 Å². The monoisotopic (exact) mass is 496 g/mol. The van der Waals surface area contributed by atoms with Crippen molar-refractivity contribution in [3.05, 3.63) is 22.7 Å². The van der Waals surface area contributed by atoms with Crippen LogP contribution in [0.5, 0.6) is 0 Å². The summed E-state index contributed by atoms with van der Waals surface area (Å²) in [5.41, 5.74) is 9.23. The number of Topliss-reactive ketones (excluding diaryl/α,β-unsaturated/α-hetero) is 1. The number of ether oxygens (including phenoxy) is 1. The molecule has 1 aromatic rings. The first-order valence-electron chi connectivity index (χ1n) is 11.0. The topological polar surface area (TPSA) is 164 Å². The number of nitrogens with two attached hydrogens (primary N) is 2. The van der Waals surface area contributed by atoms with Crippen LogP contribution in [0.4, 0.5) is 5.13 Å². The second-order valence-electron chi connectivity index (χ2n) is 10.8. The van der Waals surface area contributed by atoms with Crippen molar-refractivity contribution in [3.63, 3.8) is 0 Å². The van der Waals surface area contributed by atoms with Gasteiger partial charge in [0.2, 0.25) is 10.9 Å². The Bertz CT molecular complexity index is 1120. The number of aliphatic hydroxyl groups excluding tert-OH is 2. The third-order valence-corrected chi connectivity index (χ3v) is 10.1. The molecule has 9 nitrogen and oxygen atoms in total. The van der Waals surface area contributed by atoms with Gasteiger partial charge in [0.05, 0.1) is 18.4 Å². The van der Waals surface area contributed by atoms with Gasteiger partial charge in [-0.15, -0.1) is 12.4 Å². The molecule has 5 fully saturated rings. The van der Waals surface area contributed by atoms with E-state index in [1.165, 1.54) is 11.3 Å². The van der Waals surface area contributed by atoms with Gasteiger partial charge >= 0.3 is 0 Å². The molecule has 7 rings (SSSR count). The Kier molecular flexibility index (Phi) is 4.61. The van der Waals surface area contributed by atoms with Crippen LogP contribution in [0.2, 0.25) is 0 Å². The maximum atomic E-state index is 13.7. The van der Waals surface area contributed by atoms with Crippen molar-refractivity contribution < 1.29 is 24.9 Å². The molecule has 4 bridgehead atoms. The number of thiazole rings is 1. The van der Waals surface area contributed by atoms with Gasteiger partial charge in [0, 0.05) is 22.1 Å². The minimum atomic E-state index is -2.19. The van der Waals surface area contributed by atoms with E-state index in [0.29, 0.717) is 35.7 Å². The highest BCUT2D eigenvalue weighted by Crippen LogP contribution is 2.75. The Morgan fingerprint density at radius 3 is 2.64 bits per heavy atom. The number of halogens is 1. The van der Waals surface area contributed by atoms with E-state index in [4.69, 9.17) is 21.2 Å². The summed E-state index contributed by atoms with van der Waals surface area (Å²) in [6.45, 7) is 8.15. The zero-order chi connectivity index (χ0) is 23.0. The molecular weight excluding hydrogens is 468 g/mol. The van der Waals surface area contributed by atoms with Crippen LogP contribution in [0, 0.1) is 28.6 Å². The number of aliphatic imine (C=N–C) groups is 1. The Morgan fingerprint density at radius 2 is 1.97 bits per heavy atom. The minimum absolute atomic E-state index is 0. The van der Waals surface area contributed by atoms with E-state index in [1.54, 1.807) is 0 Å². The number of carbonyl (C=O) groups excluding carboxylic acids is 1. The first kappa shape index (κ1) is 23.2. The van der Waals surface area contributed by atoms with Crippen molar-refractivity contribution in [2.24, 2.45) is 45.0 Å². The van der Waals surface area contributed by atoms with E-state index in [1.807, 2.05) is 0 Å². The van der Waals surface area contributed by atoms with Gasteiger partial charge in [-0.05, 0) is 36.2 Å². The molecule has 2 spiro atoms. The van der Waals surface area contributed by atoms with Crippen LogP contribution in [0.3, 0.4) is 0 Å². The number of fused-ring (bicyclic) bond motifs is 3. The molecule has 1 aromatic heterocycles. The zero-order valence-electron chi connectivity index (χ0n) is 18.4. The third kappa shape index (κ3) is 2.26. The van der Waals surface area contributed by atoms with Crippen LogP contribution in [0.1, 0.15) is 37.3 Å². The minimum Gasteiger partial charge on any atom is -0.391 e. The molecule has 3 heterocycles. The molecule has 4 aliphatic carbocycles. The van der Waals surface area contributed by atoms with Gasteiger partial charge in [0.15, 0.2) is 11.7 Å². The van der Waals surface area contributed by atoms with E-state index >= 15 is 0 Å². The Labute approximate surface area is 201 Å². The molecule has 6 aliphatic rings. The fourth-order valence-corrected chi connectivity index (χ4v) is 9.52. The summed E-state index contributed by atoms with van der Waals surface area (Å²) in [6.07, 6.45) is -0.771. The van der Waals surface area contributed by atoms with Crippen molar-refractivity contribution in [3.8, 4) is 0 Å². The predicted octanol–water partition coefficient (Wildman–Crippen LogP) is 0.512. The summed E-state index contributed by atoms with van der Waals surface area (Å²) in [6, 6.07) is 0. The molecule has 3 saturated carbocycles. The number of aromatic nitrogens is 1. The lowest BCUT2D eigenvalue weighted by molar-refractivity contribution is -0.429. The van der Waals surface area contributed by atoms with Crippen LogP contribution in [0.25, 0.3) is 0 Å². The molecule has 7 N–H and O–H groups in total. The van der Waals surface area contributed by atoms with Crippen LogP contribution in [0.15, 0.2) is 17.1 Å². The standard InChI is InChI=1S/C22H28N4O5S.ClH/c1-8-9-4-5-11-20-7-31-22(30,21(11,14(8)27)15(9)28)16(29)12(20)19(2,3)6-10-13(20)25-18(32-10)26-17(23)24;/h9,11-12,15-16,28-30H,1,4-7H2,2-3H3,(H4,23,24,25,26);1H/t9-,11-,12+,15+,16-,20-,21-,22-;/m0./s1. The first-order chi connectivity index (χ1) is 14.9. The van der Waals surface area contributed by atoms with E-state index in [9.17, 15) is 20.1 Å². The van der Waals surface area contributed by atoms with E-state index in [2.05, 4.69) is 25.4 Å². The lowest BCUT2D eigenvalue weighted by Gasteiger charge is -2.73. The Morgan fingerprint density at radius 1 is 1.27 bits per heavy atom. The summed E-state index contributed by atoms with van der Waals surface area (Å²) in [5.74, 6) is -4.04. The smallest absolute Gasteiger partial charge is 0.212 e. The Hall–Kier alpha value is -1.56. The molecule has 33 heavy (non-hydrogen) atoms. The SMILES string of the molecule is C=C1C(=O)[C@]23[C@H](O)[C@H]1CC[C@H]2[C@@]12CO[C@@]3(O)[C@@H](O)[C@@H]1C(C)(C)Cc1sc(N=C(N)N)nc12.Cl. The molecular formula is C22H29ClN4O5S. The van der Waals surface area contributed by atoms with Crippen molar-refractivity contribution >= 4 is 40.6 Å². The summed E-state index contributed by atoms with van der Waals surface area (Å²) in [7, 11) is 0. The normalized spacial score (nSPS) is 46.2. The van der Waals surface area contributed by atoms with Crippen molar-refractivity contribution in [1.82, 2.24) is 4.98 Å². The first-order valence-corrected chi connectivity index (χ1v) is 11.8. The lowest BCUT2D eigenvalue weighted by atomic mass is 9.36. The third-order valence-electron chi connectivity index (χ3n) is 9.11. The number of guanidine groups is 1. The second-order valence-corrected chi connectivity index (χ2v) is 11.9. The Balaban J connectivity index is 0.00000228. The highest BCUT2D eigenvalue weighted by Gasteiger charge is 2.86. The van der Waals surface area contributed by atoms with Gasteiger partial charge in [-0.3, -0.25) is 4.79 Å². The molecule has 0 unspecified atom stereocenters. The molecule has 2 aliphatic heterocycles. The summed E-state index contributed by atoms with van der Waals surface area (Å²) < 4.78 is 6.02. The largest absolute Gasteiger partial charge is 0.391 e. The highest BCUT2D eigenvalue weighted by molar-refractivity contribution is 7.15. The van der Waals surface area contributed by atoms with Crippen LogP contribution in [-0.2, 0) is 21.4 Å². The molecule has 0 radical (unpaired) electrons. The van der Waals surface area contributed by atoms with Gasteiger partial charge in [0.1, 0.15) is 11.5 Å². The predicted molar refractivity (Wildman–Crippen MR) is 123 cm³/mol. The summed E-state index contributed by atoms with van der Waals surface area (Å²) in [4.78, 5) is 23.6. The number of carbonyl (C=O) groups is 1. The number of ketones is 1. The molecule has 8 atom stereocenters. The molecule has 180 valence electrons. The summed E-state index contributed by atoms with van der Waals surface area (Å²) in [5, 5.41) is 35.4. The maximum Gasteiger partial charge on any atom is 0.212 e. The number of rotatable bonds is 1. The zero-order valence-corrected chi connectivity index (χ0v) is 20.1. The van der Waals surface area contributed by atoms with Crippen molar-refractivity contribution in [2.45, 2.75) is 56.5 Å². The van der Waals surface area contributed by atoms with Gasteiger partial charge in [-0.1, -0.05) is 31.8 Å². The van der Waals surface area contributed by atoms with E-state index in [0.717, 1.165) is 4.88 Å². The summed E-state index contributed by atoms with van der Waals surface area (Å²) >= 11 is 1.39. The number of hydrogen-bond acceptors (Lipinski definition) is 8. The van der Waals surface area contributed by atoms with Crippen LogP contribution in [-0.4, -0.2) is 56.6 Å². The van der Waals surface area contributed by atoms with E-state index in [-0.39, 0.29) is 25.0 Å². The van der Waals surface area contributed by atoms with Gasteiger partial charge < -0.3 is 31.5 Å². The molecule has 0 aromatic carbocycles. The maximum absolute atomic E-state index is 13.7. The van der Waals surface area contributed by atoms with E-state index < -0.39 is 57.8 Å². The number of nitrogens with zero attached hydrogens (tertiary/aromatic N) is 2. The average molecular weight is 497 g/mol. The fraction of sp³-hybridized carbons (Fsp3) is 0.682. The van der Waals surface area contributed by atoms with Gasteiger partial charge in [-0.25, -0.2) is 4.98 Å². The van der Waals surface area contributed by atoms with Crippen molar-refractivity contribution in [2.75, 3.05) is 6.61 Å². The fourth-order valence-electron chi connectivity index (χ4n) is 8.24. The molecule has 11 heteroatoms. The second kappa shape index (κ2) is 6.56. The highest BCUT2D eigenvalue weighted by atomic mass is 35.5. The van der Waals surface area contributed by atoms with Gasteiger partial charge in [-0.2, -0.15) is 4.99 Å². The molecule has 2 saturated heterocycles.